The van der Waals surface area contributed by atoms with E-state index in [9.17, 15) is 4.79 Å². The summed E-state index contributed by atoms with van der Waals surface area (Å²) in [6, 6.07) is 7.15. The molecule has 0 aliphatic heterocycles. The number of halogens is 2. The van der Waals surface area contributed by atoms with E-state index in [0.717, 1.165) is 15.9 Å². The van der Waals surface area contributed by atoms with Crippen molar-refractivity contribution in [3.63, 3.8) is 0 Å². The predicted molar refractivity (Wildman–Crippen MR) is 84.3 cm³/mol. The second kappa shape index (κ2) is 6.12. The number of nitrogens with zero attached hydrogens (tertiary/aromatic N) is 2. The number of amides is 1. The number of carbonyl (C=O) groups excluding carboxylic acids is 1. The number of benzene rings is 1. The summed E-state index contributed by atoms with van der Waals surface area (Å²) in [5.74, 6) is 0.356. The van der Waals surface area contributed by atoms with Gasteiger partial charge in [-0.25, -0.2) is 9.97 Å². The molecule has 0 bridgehead atoms. The van der Waals surface area contributed by atoms with Gasteiger partial charge in [-0.2, -0.15) is 0 Å². The van der Waals surface area contributed by atoms with E-state index in [1.807, 2.05) is 6.07 Å². The summed E-state index contributed by atoms with van der Waals surface area (Å²) in [5, 5.41) is 3.26. The average Bonchev–Trinajstić information content (AvgIpc) is 3.32. The van der Waals surface area contributed by atoms with Crippen LogP contribution in [0.15, 0.2) is 35.1 Å². The van der Waals surface area contributed by atoms with Crippen LogP contribution in [0.25, 0.3) is 0 Å². The second-order valence-electron chi connectivity index (χ2n) is 5.02. The van der Waals surface area contributed by atoms with E-state index in [1.165, 1.54) is 12.8 Å². The van der Waals surface area contributed by atoms with Crippen molar-refractivity contribution in [2.45, 2.75) is 25.3 Å². The summed E-state index contributed by atoms with van der Waals surface area (Å²) < 4.78 is 0.815. The molecule has 0 spiro atoms. The first-order valence-electron chi connectivity index (χ1n) is 6.67. The van der Waals surface area contributed by atoms with Crippen molar-refractivity contribution in [1.29, 1.82) is 0 Å². The molecule has 1 aromatic heterocycles. The van der Waals surface area contributed by atoms with Gasteiger partial charge >= 0.3 is 0 Å². The molecule has 0 atom stereocenters. The highest BCUT2D eigenvalue weighted by molar-refractivity contribution is 9.10. The Labute approximate surface area is 136 Å². The van der Waals surface area contributed by atoms with Gasteiger partial charge in [0, 0.05) is 16.1 Å². The van der Waals surface area contributed by atoms with Crippen LogP contribution in [0, 0.1) is 0 Å². The van der Waals surface area contributed by atoms with E-state index in [-0.39, 0.29) is 5.91 Å². The molecule has 108 valence electrons. The molecule has 1 aliphatic carbocycles. The molecular formula is C15H13BrClN3O. The first kappa shape index (κ1) is 14.5. The zero-order valence-electron chi connectivity index (χ0n) is 11.1. The van der Waals surface area contributed by atoms with Gasteiger partial charge < -0.3 is 5.32 Å². The molecule has 0 radical (unpaired) electrons. The van der Waals surface area contributed by atoms with Crippen molar-refractivity contribution in [2.75, 3.05) is 0 Å². The maximum absolute atomic E-state index is 12.2. The molecule has 1 aromatic carbocycles. The Morgan fingerprint density at radius 1 is 1.33 bits per heavy atom. The topological polar surface area (TPSA) is 54.9 Å². The van der Waals surface area contributed by atoms with Crippen LogP contribution < -0.4 is 5.32 Å². The number of carbonyl (C=O) groups is 1. The lowest BCUT2D eigenvalue weighted by atomic mass is 10.2. The Morgan fingerprint density at radius 2 is 2.14 bits per heavy atom. The lowest BCUT2D eigenvalue weighted by molar-refractivity contribution is 0.0950. The second-order valence-corrected chi connectivity index (χ2v) is 6.34. The molecule has 1 aliphatic rings. The smallest absolute Gasteiger partial charge is 0.253 e. The fourth-order valence-corrected chi connectivity index (χ4v) is 2.62. The third-order valence-corrected chi connectivity index (χ3v) is 4.17. The molecule has 21 heavy (non-hydrogen) atoms. The quantitative estimate of drug-likeness (QED) is 0.897. The Morgan fingerprint density at radius 3 is 2.90 bits per heavy atom. The summed E-state index contributed by atoms with van der Waals surface area (Å²) in [6.45, 7) is 0.365. The molecular weight excluding hydrogens is 354 g/mol. The summed E-state index contributed by atoms with van der Waals surface area (Å²) >= 11 is 9.37. The number of hydrogen-bond donors (Lipinski definition) is 1. The molecule has 1 fully saturated rings. The minimum atomic E-state index is -0.215. The van der Waals surface area contributed by atoms with Crippen molar-refractivity contribution in [3.8, 4) is 0 Å². The Bertz CT molecular complexity index is 688. The highest BCUT2D eigenvalue weighted by Gasteiger charge is 2.25. The monoisotopic (exact) mass is 365 g/mol. The van der Waals surface area contributed by atoms with Gasteiger partial charge in [-0.05, 0) is 37.1 Å². The molecule has 1 heterocycles. The van der Waals surface area contributed by atoms with Gasteiger partial charge in [0.25, 0.3) is 5.91 Å². The van der Waals surface area contributed by atoms with E-state index in [2.05, 4.69) is 31.2 Å². The maximum Gasteiger partial charge on any atom is 0.253 e. The Kier molecular flexibility index (Phi) is 4.22. The molecule has 1 N–H and O–H groups in total. The van der Waals surface area contributed by atoms with Gasteiger partial charge in [0.05, 0.1) is 22.8 Å². The lowest BCUT2D eigenvalue weighted by Gasteiger charge is -2.07. The molecule has 3 rings (SSSR count). The average molecular weight is 367 g/mol. The van der Waals surface area contributed by atoms with Gasteiger partial charge in [0.15, 0.2) is 0 Å². The zero-order chi connectivity index (χ0) is 14.8. The SMILES string of the molecule is O=C(NCc1cc(C2CC2)ncn1)c1cc(Br)ccc1Cl. The Hall–Kier alpha value is -1.46. The van der Waals surface area contributed by atoms with E-state index in [1.54, 1.807) is 24.5 Å². The van der Waals surface area contributed by atoms with E-state index < -0.39 is 0 Å². The van der Waals surface area contributed by atoms with Crippen LogP contribution in [-0.4, -0.2) is 15.9 Å². The van der Waals surface area contributed by atoms with E-state index >= 15 is 0 Å². The van der Waals surface area contributed by atoms with Crippen LogP contribution in [0.5, 0.6) is 0 Å². The minimum absolute atomic E-state index is 0.215. The Balaban J connectivity index is 1.68. The lowest BCUT2D eigenvalue weighted by Crippen LogP contribution is -2.23. The van der Waals surface area contributed by atoms with Gasteiger partial charge in [0.2, 0.25) is 0 Å². The predicted octanol–water partition coefficient (Wildman–Crippen LogP) is 3.70. The van der Waals surface area contributed by atoms with Crippen LogP contribution in [0.3, 0.4) is 0 Å². The number of nitrogens with one attached hydrogen (secondary N) is 1. The summed E-state index contributed by atoms with van der Waals surface area (Å²) in [5.41, 5.74) is 2.32. The van der Waals surface area contributed by atoms with Crippen LogP contribution >= 0.6 is 27.5 Å². The first-order valence-corrected chi connectivity index (χ1v) is 7.84. The molecule has 4 nitrogen and oxygen atoms in total. The highest BCUT2D eigenvalue weighted by Crippen LogP contribution is 2.38. The van der Waals surface area contributed by atoms with Crippen molar-refractivity contribution < 1.29 is 4.79 Å². The molecule has 6 heteroatoms. The fourth-order valence-electron chi connectivity index (χ4n) is 2.05. The summed E-state index contributed by atoms with van der Waals surface area (Å²) in [6.07, 6.45) is 3.94. The summed E-state index contributed by atoms with van der Waals surface area (Å²) in [4.78, 5) is 20.6. The zero-order valence-corrected chi connectivity index (χ0v) is 13.5. The van der Waals surface area contributed by atoms with Crippen LogP contribution in [-0.2, 0) is 6.54 Å². The summed E-state index contributed by atoms with van der Waals surface area (Å²) in [7, 11) is 0. The van der Waals surface area contributed by atoms with Crippen molar-refractivity contribution in [2.24, 2.45) is 0 Å². The van der Waals surface area contributed by atoms with Crippen molar-refractivity contribution in [1.82, 2.24) is 15.3 Å². The molecule has 1 amide bonds. The van der Waals surface area contributed by atoms with Crippen LogP contribution in [0.1, 0.15) is 40.5 Å². The maximum atomic E-state index is 12.2. The largest absolute Gasteiger partial charge is 0.346 e. The number of aromatic nitrogens is 2. The fraction of sp³-hybridized carbons (Fsp3) is 0.267. The van der Waals surface area contributed by atoms with Gasteiger partial charge in [-0.1, -0.05) is 27.5 Å². The van der Waals surface area contributed by atoms with Crippen molar-refractivity contribution in [3.05, 3.63) is 57.0 Å². The molecule has 1 saturated carbocycles. The standard InChI is InChI=1S/C15H13BrClN3O/c16-10-3-4-13(17)12(5-10)15(21)18-7-11-6-14(9-1-2-9)20-8-19-11/h3-6,8-9H,1-2,7H2,(H,18,21). The third kappa shape index (κ3) is 3.60. The highest BCUT2D eigenvalue weighted by atomic mass is 79.9. The van der Waals surface area contributed by atoms with E-state index in [4.69, 9.17) is 11.6 Å². The molecule has 0 saturated heterocycles. The number of rotatable bonds is 4. The number of hydrogen-bond acceptors (Lipinski definition) is 3. The minimum Gasteiger partial charge on any atom is -0.346 e. The molecule has 2 aromatic rings. The molecule has 0 unspecified atom stereocenters. The van der Waals surface area contributed by atoms with Crippen LogP contribution in [0.2, 0.25) is 5.02 Å². The van der Waals surface area contributed by atoms with Gasteiger partial charge in [-0.15, -0.1) is 0 Å². The van der Waals surface area contributed by atoms with Gasteiger partial charge in [0.1, 0.15) is 6.33 Å². The first-order chi connectivity index (χ1) is 10.1. The van der Waals surface area contributed by atoms with E-state index in [0.29, 0.717) is 23.0 Å². The third-order valence-electron chi connectivity index (χ3n) is 3.34. The van der Waals surface area contributed by atoms with Crippen LogP contribution in [0.4, 0.5) is 0 Å². The van der Waals surface area contributed by atoms with Crippen molar-refractivity contribution >= 4 is 33.4 Å². The normalized spacial score (nSPS) is 14.0. The van der Waals surface area contributed by atoms with Gasteiger partial charge in [-0.3, -0.25) is 4.79 Å².